The molecule has 0 saturated carbocycles. The summed E-state index contributed by atoms with van der Waals surface area (Å²) >= 11 is 0. The van der Waals surface area contributed by atoms with Crippen LogP contribution in [0.1, 0.15) is 60.3 Å². The van der Waals surface area contributed by atoms with Crippen LogP contribution in [0.4, 0.5) is 0 Å². The first-order chi connectivity index (χ1) is 28.7. The van der Waals surface area contributed by atoms with Crippen molar-refractivity contribution in [2.75, 3.05) is 93.0 Å². The monoisotopic (exact) mass is 816 g/mol. The molecule has 0 aromatic rings. The van der Waals surface area contributed by atoms with Gasteiger partial charge in [-0.05, 0) is 74.1 Å². The Morgan fingerprint density at radius 2 is 1.32 bits per heavy atom. The molecule has 3 N–H and O–H groups in total. The fraction of sp³-hybridized carbons (Fsp3) is 0.556. The standard InChI is InChI=1S/C45H60N4O10/c1-7-31-27(2)36-24-40-34(26-50)29(4)35(47-40)23-37-28(3)32(44(48-37)33-22-41(51)43-30(5)38(49-45(33)43)25-39(31)46-36)8-9-42(52)59-21-20-58-19-18-57-17-16-56-15-14-55-13-12-54-11-10-53-6/h23-25,28,32,48,50-51H,7-22,26H2,1-6H3/t28-,32-/m0/s1. The molecule has 0 aromatic heterocycles. The fourth-order valence-electron chi connectivity index (χ4n) is 8.04. The van der Waals surface area contributed by atoms with Crippen molar-refractivity contribution in [3.05, 3.63) is 91.5 Å². The maximum absolute atomic E-state index is 13.0. The number of allylic oxidation sites excluding steroid dienone is 11. The van der Waals surface area contributed by atoms with Crippen LogP contribution in [0.25, 0.3) is 0 Å². The highest BCUT2D eigenvalue weighted by atomic mass is 16.6. The molecule has 0 unspecified atom stereocenters. The van der Waals surface area contributed by atoms with Crippen molar-refractivity contribution in [1.29, 1.82) is 0 Å². The molecule has 1 saturated heterocycles. The topological polar surface area (TPSA) is 171 Å². The quantitative estimate of drug-likeness (QED) is 0.0854. The Kier molecular flexibility index (Phi) is 16.0. The third-order valence-corrected chi connectivity index (χ3v) is 11.4. The van der Waals surface area contributed by atoms with Crippen molar-refractivity contribution in [3.63, 3.8) is 0 Å². The van der Waals surface area contributed by atoms with Crippen molar-refractivity contribution < 1.29 is 48.2 Å². The van der Waals surface area contributed by atoms with Crippen LogP contribution in [-0.2, 0) is 38.0 Å². The Morgan fingerprint density at radius 1 is 0.763 bits per heavy atom. The van der Waals surface area contributed by atoms with E-state index >= 15 is 0 Å². The zero-order valence-corrected chi connectivity index (χ0v) is 35.4. The predicted molar refractivity (Wildman–Crippen MR) is 225 cm³/mol. The molecule has 14 heteroatoms. The average molecular weight is 817 g/mol. The van der Waals surface area contributed by atoms with Gasteiger partial charge < -0.3 is 48.7 Å². The number of carbonyl (C=O) groups excluding carboxylic acids is 1. The van der Waals surface area contributed by atoms with E-state index < -0.39 is 0 Å². The molecule has 0 aromatic carbocycles. The number of carbonyl (C=O) groups is 1. The highest BCUT2D eigenvalue weighted by molar-refractivity contribution is 6.21. The molecule has 6 aliphatic rings. The van der Waals surface area contributed by atoms with Gasteiger partial charge in [0.25, 0.3) is 0 Å². The normalized spacial score (nSPS) is 21.1. The fourth-order valence-corrected chi connectivity index (χ4v) is 8.04. The highest BCUT2D eigenvalue weighted by Gasteiger charge is 2.41. The number of esters is 1. The Labute approximate surface area is 347 Å². The predicted octanol–water partition coefficient (Wildman–Crippen LogP) is 5.70. The molecular formula is C45H60N4O10. The van der Waals surface area contributed by atoms with Crippen molar-refractivity contribution in [3.8, 4) is 0 Å². The average Bonchev–Trinajstić information content (AvgIpc) is 3.98. The number of nitrogens with one attached hydrogen (secondary N) is 1. The Balaban J connectivity index is 1.04. The van der Waals surface area contributed by atoms with Crippen LogP contribution < -0.4 is 5.32 Å². The lowest BCUT2D eigenvalue weighted by atomic mass is 9.86. The molecule has 320 valence electrons. The van der Waals surface area contributed by atoms with E-state index in [0.717, 1.165) is 85.4 Å². The largest absolute Gasteiger partial charge is 0.511 e. The molecule has 5 heterocycles. The second-order valence-corrected chi connectivity index (χ2v) is 15.1. The number of hydrogen-bond donors (Lipinski definition) is 3. The summed E-state index contributed by atoms with van der Waals surface area (Å²) in [6.45, 7) is 15.4. The SMILES string of the molecule is CCC1=C(C)C2=NC1=CC1=C(C)C3=C(O)CC(=C4NC(=CC5=NC(=C2)C(CO)=C5C)[C@@H](C)[C@@H]4CCC(=O)OCCOCCOCCOCCOCCOCCOC)C3=N1. The smallest absolute Gasteiger partial charge is 0.305 e. The number of ether oxygens (including phenoxy) is 7. The summed E-state index contributed by atoms with van der Waals surface area (Å²) in [6.07, 6.45) is 7.89. The molecule has 2 atom stereocenters. The maximum Gasteiger partial charge on any atom is 0.305 e. The summed E-state index contributed by atoms with van der Waals surface area (Å²) in [5.41, 5.74) is 13.0. The van der Waals surface area contributed by atoms with Crippen molar-refractivity contribution in [2.45, 2.75) is 60.3 Å². The van der Waals surface area contributed by atoms with Crippen LogP contribution in [0.2, 0.25) is 0 Å². The minimum Gasteiger partial charge on any atom is -0.511 e. The number of hydrogen-bond acceptors (Lipinski definition) is 14. The first kappa shape index (κ1) is 44.3. The van der Waals surface area contributed by atoms with E-state index in [1.807, 2.05) is 32.1 Å². The zero-order chi connectivity index (χ0) is 41.9. The molecule has 8 bridgehead atoms. The molecule has 6 rings (SSSR count). The van der Waals surface area contributed by atoms with Gasteiger partial charge in [0.1, 0.15) is 12.4 Å². The van der Waals surface area contributed by atoms with Crippen LogP contribution in [0.3, 0.4) is 0 Å². The van der Waals surface area contributed by atoms with Crippen LogP contribution in [0.5, 0.6) is 0 Å². The van der Waals surface area contributed by atoms with Gasteiger partial charge in [0.05, 0.1) is 114 Å². The zero-order valence-electron chi connectivity index (χ0n) is 35.4. The summed E-state index contributed by atoms with van der Waals surface area (Å²) < 4.78 is 37.9. The lowest BCUT2D eigenvalue weighted by molar-refractivity contribution is -0.145. The number of nitrogens with zero attached hydrogens (tertiary/aromatic N) is 3. The lowest BCUT2D eigenvalue weighted by Crippen LogP contribution is -2.17. The Bertz CT molecular complexity index is 1970. The summed E-state index contributed by atoms with van der Waals surface area (Å²) in [5.74, 6) is -0.105. The van der Waals surface area contributed by atoms with Gasteiger partial charge in [-0.15, -0.1) is 0 Å². The van der Waals surface area contributed by atoms with Crippen LogP contribution >= 0.6 is 0 Å². The van der Waals surface area contributed by atoms with Gasteiger partial charge in [0.15, 0.2) is 0 Å². The number of methoxy groups -OCH3 is 1. The Hall–Kier alpha value is -4.28. The van der Waals surface area contributed by atoms with Crippen LogP contribution in [0.15, 0.2) is 106 Å². The molecule has 1 aliphatic carbocycles. The first-order valence-corrected chi connectivity index (χ1v) is 20.8. The van der Waals surface area contributed by atoms with Gasteiger partial charge in [0, 0.05) is 59.9 Å². The van der Waals surface area contributed by atoms with E-state index in [2.05, 4.69) is 26.1 Å². The van der Waals surface area contributed by atoms with Gasteiger partial charge in [0.2, 0.25) is 0 Å². The maximum atomic E-state index is 13.0. The highest BCUT2D eigenvalue weighted by Crippen LogP contribution is 2.46. The number of rotatable bonds is 23. The van der Waals surface area contributed by atoms with E-state index in [1.165, 1.54) is 0 Å². The molecule has 1 fully saturated rings. The van der Waals surface area contributed by atoms with Gasteiger partial charge in [-0.1, -0.05) is 13.8 Å². The molecule has 5 aliphatic heterocycles. The third-order valence-electron chi connectivity index (χ3n) is 11.4. The minimum absolute atomic E-state index is 0.0119. The van der Waals surface area contributed by atoms with E-state index in [1.54, 1.807) is 7.11 Å². The van der Waals surface area contributed by atoms with Crippen molar-refractivity contribution >= 4 is 23.1 Å². The molecular weight excluding hydrogens is 757 g/mol. The van der Waals surface area contributed by atoms with Crippen LogP contribution in [0, 0.1) is 11.8 Å². The van der Waals surface area contributed by atoms with Gasteiger partial charge in [-0.3, -0.25) is 4.79 Å². The molecule has 14 nitrogen and oxygen atoms in total. The van der Waals surface area contributed by atoms with Gasteiger partial charge in [-0.25, -0.2) is 15.0 Å². The summed E-state index contributed by atoms with van der Waals surface area (Å²) in [6, 6.07) is 0. The van der Waals surface area contributed by atoms with Gasteiger partial charge in [-0.2, -0.15) is 0 Å². The lowest BCUT2D eigenvalue weighted by Gasteiger charge is -2.17. The van der Waals surface area contributed by atoms with Crippen molar-refractivity contribution in [1.82, 2.24) is 5.32 Å². The summed E-state index contributed by atoms with van der Waals surface area (Å²) in [7, 11) is 1.64. The summed E-state index contributed by atoms with van der Waals surface area (Å²) in [5, 5.41) is 25.5. The molecule has 0 radical (unpaired) electrons. The molecule has 59 heavy (non-hydrogen) atoms. The molecule has 0 amide bonds. The Morgan fingerprint density at radius 3 is 1.92 bits per heavy atom. The number of fused-ring (bicyclic) bond motifs is 5. The first-order valence-electron chi connectivity index (χ1n) is 20.8. The second-order valence-electron chi connectivity index (χ2n) is 15.1. The van der Waals surface area contributed by atoms with E-state index in [-0.39, 0.29) is 49.8 Å². The van der Waals surface area contributed by atoms with Crippen molar-refractivity contribution in [2.24, 2.45) is 26.8 Å². The molecule has 0 spiro atoms. The van der Waals surface area contributed by atoms with Crippen LogP contribution in [-0.4, -0.2) is 126 Å². The minimum atomic E-state index is -0.303. The van der Waals surface area contributed by atoms with E-state index in [4.69, 9.17) is 48.1 Å². The van der Waals surface area contributed by atoms with E-state index in [0.29, 0.717) is 84.6 Å². The second kappa shape index (κ2) is 21.3. The number of aliphatic hydroxyl groups excluding tert-OH is 2. The van der Waals surface area contributed by atoms with Gasteiger partial charge >= 0.3 is 5.97 Å². The number of aliphatic hydroxyl groups is 2. The van der Waals surface area contributed by atoms with E-state index in [9.17, 15) is 15.0 Å². The number of aliphatic imine (C=N–C) groups is 3. The third kappa shape index (κ3) is 10.5. The summed E-state index contributed by atoms with van der Waals surface area (Å²) in [4.78, 5) is 28.2.